The number of rotatable bonds is 3. The summed E-state index contributed by atoms with van der Waals surface area (Å²) in [6, 6.07) is -0.866. The molecule has 0 bridgehead atoms. The smallest absolute Gasteiger partial charge is 0.325 e. The van der Waals surface area contributed by atoms with Crippen LogP contribution >= 0.6 is 0 Å². The van der Waals surface area contributed by atoms with Crippen molar-refractivity contribution < 1.29 is 14.7 Å². The van der Waals surface area contributed by atoms with Gasteiger partial charge in [-0.05, 0) is 19.8 Å². The van der Waals surface area contributed by atoms with Crippen LogP contribution in [0, 0.1) is 0 Å². The highest BCUT2D eigenvalue weighted by atomic mass is 16.4. The van der Waals surface area contributed by atoms with Gasteiger partial charge in [-0.1, -0.05) is 19.3 Å². The first-order valence-corrected chi connectivity index (χ1v) is 5.78. The first-order chi connectivity index (χ1) is 7.52. The average Bonchev–Trinajstić information content (AvgIpc) is 2.28. The highest BCUT2D eigenvalue weighted by Gasteiger charge is 2.24. The molecule has 0 aromatic rings. The summed E-state index contributed by atoms with van der Waals surface area (Å²) in [6.07, 6.45) is 5.57. The number of carbonyl (C=O) groups is 2. The molecule has 5 nitrogen and oxygen atoms in total. The van der Waals surface area contributed by atoms with Crippen molar-refractivity contribution in [1.29, 1.82) is 0 Å². The molecule has 92 valence electrons. The SMILES string of the molecule is CC(NC(=O)N(C)C1CCCCC1)C(=O)O. The molecule has 2 amide bonds. The Balaban J connectivity index is 2.43. The lowest BCUT2D eigenvalue weighted by atomic mass is 9.95. The van der Waals surface area contributed by atoms with Crippen LogP contribution in [-0.2, 0) is 4.79 Å². The Morgan fingerprint density at radius 3 is 2.38 bits per heavy atom. The third kappa shape index (κ3) is 3.40. The molecule has 2 N–H and O–H groups in total. The zero-order valence-electron chi connectivity index (χ0n) is 9.90. The molecule has 1 saturated carbocycles. The second kappa shape index (κ2) is 5.72. The highest BCUT2D eigenvalue weighted by molar-refractivity contribution is 5.82. The predicted molar refractivity (Wildman–Crippen MR) is 60.3 cm³/mol. The zero-order valence-corrected chi connectivity index (χ0v) is 9.90. The normalized spacial score (nSPS) is 18.9. The molecule has 0 heterocycles. The van der Waals surface area contributed by atoms with E-state index in [0.717, 1.165) is 25.7 Å². The number of urea groups is 1. The van der Waals surface area contributed by atoms with Gasteiger partial charge in [0.15, 0.2) is 0 Å². The topological polar surface area (TPSA) is 69.6 Å². The second-order valence-corrected chi connectivity index (χ2v) is 4.41. The van der Waals surface area contributed by atoms with E-state index in [1.165, 1.54) is 13.3 Å². The minimum Gasteiger partial charge on any atom is -0.480 e. The van der Waals surface area contributed by atoms with E-state index < -0.39 is 12.0 Å². The molecule has 16 heavy (non-hydrogen) atoms. The summed E-state index contributed by atoms with van der Waals surface area (Å²) in [4.78, 5) is 23.9. The Labute approximate surface area is 95.8 Å². The minimum absolute atomic E-state index is 0.259. The van der Waals surface area contributed by atoms with Gasteiger partial charge in [-0.2, -0.15) is 0 Å². The molecule has 1 fully saturated rings. The van der Waals surface area contributed by atoms with Gasteiger partial charge in [0.05, 0.1) is 0 Å². The molecule has 1 aliphatic carbocycles. The number of carboxylic acids is 1. The van der Waals surface area contributed by atoms with E-state index in [1.807, 2.05) is 0 Å². The standard InChI is InChI=1S/C11H20N2O3/c1-8(10(14)15)12-11(16)13(2)9-6-4-3-5-7-9/h8-9H,3-7H2,1-2H3,(H,12,16)(H,14,15). The number of carboxylic acid groups (broad SMARTS) is 1. The fourth-order valence-corrected chi connectivity index (χ4v) is 1.98. The molecule has 0 aromatic heterocycles. The lowest BCUT2D eigenvalue weighted by Crippen LogP contribution is -2.49. The van der Waals surface area contributed by atoms with Crippen LogP contribution in [0.4, 0.5) is 4.79 Å². The number of hydrogen-bond donors (Lipinski definition) is 2. The van der Waals surface area contributed by atoms with Gasteiger partial charge in [0.1, 0.15) is 6.04 Å². The predicted octanol–water partition coefficient (Wildman–Crippen LogP) is 1.43. The van der Waals surface area contributed by atoms with Gasteiger partial charge in [-0.25, -0.2) is 4.79 Å². The Morgan fingerprint density at radius 2 is 1.88 bits per heavy atom. The molecule has 1 rings (SSSR count). The first kappa shape index (κ1) is 12.8. The highest BCUT2D eigenvalue weighted by Crippen LogP contribution is 2.21. The van der Waals surface area contributed by atoms with Gasteiger partial charge in [-0.15, -0.1) is 0 Å². The summed E-state index contributed by atoms with van der Waals surface area (Å²) in [7, 11) is 1.74. The molecule has 0 aliphatic heterocycles. The molecule has 5 heteroatoms. The van der Waals surface area contributed by atoms with E-state index in [9.17, 15) is 9.59 Å². The number of amides is 2. The summed E-state index contributed by atoms with van der Waals surface area (Å²) >= 11 is 0. The van der Waals surface area contributed by atoms with Gasteiger partial charge in [0, 0.05) is 13.1 Å². The van der Waals surface area contributed by atoms with Crippen molar-refractivity contribution in [3.63, 3.8) is 0 Å². The Hall–Kier alpha value is -1.26. The minimum atomic E-state index is -1.01. The number of hydrogen-bond acceptors (Lipinski definition) is 2. The largest absolute Gasteiger partial charge is 0.480 e. The molecular weight excluding hydrogens is 208 g/mol. The summed E-state index contributed by atoms with van der Waals surface area (Å²) in [5.74, 6) is -1.01. The van der Waals surface area contributed by atoms with Crippen molar-refractivity contribution >= 4 is 12.0 Å². The quantitative estimate of drug-likeness (QED) is 0.767. The Kier molecular flexibility index (Phi) is 4.58. The molecule has 1 atom stereocenters. The Bertz CT molecular complexity index is 262. The Morgan fingerprint density at radius 1 is 1.31 bits per heavy atom. The number of nitrogens with zero attached hydrogens (tertiary/aromatic N) is 1. The number of nitrogens with one attached hydrogen (secondary N) is 1. The van der Waals surface area contributed by atoms with E-state index in [-0.39, 0.29) is 12.1 Å². The maximum Gasteiger partial charge on any atom is 0.325 e. The van der Waals surface area contributed by atoms with Crippen molar-refractivity contribution in [2.24, 2.45) is 0 Å². The second-order valence-electron chi connectivity index (χ2n) is 4.41. The van der Waals surface area contributed by atoms with Gasteiger partial charge >= 0.3 is 12.0 Å². The van der Waals surface area contributed by atoms with Crippen LogP contribution < -0.4 is 5.32 Å². The maximum absolute atomic E-state index is 11.7. The van der Waals surface area contributed by atoms with Crippen LogP contribution in [0.15, 0.2) is 0 Å². The molecular formula is C11H20N2O3. The van der Waals surface area contributed by atoms with Crippen LogP contribution in [0.2, 0.25) is 0 Å². The van der Waals surface area contributed by atoms with Gasteiger partial charge < -0.3 is 15.3 Å². The van der Waals surface area contributed by atoms with Crippen LogP contribution in [-0.4, -0.2) is 41.1 Å². The number of aliphatic carboxylic acids is 1. The van der Waals surface area contributed by atoms with Crippen molar-refractivity contribution in [2.45, 2.75) is 51.1 Å². The molecule has 0 aromatic carbocycles. The van der Waals surface area contributed by atoms with Crippen LogP contribution in [0.5, 0.6) is 0 Å². The lowest BCUT2D eigenvalue weighted by Gasteiger charge is -2.31. The summed E-state index contributed by atoms with van der Waals surface area (Å²) < 4.78 is 0. The van der Waals surface area contributed by atoms with E-state index in [1.54, 1.807) is 11.9 Å². The summed E-state index contributed by atoms with van der Waals surface area (Å²) in [6.45, 7) is 1.47. The molecule has 0 radical (unpaired) electrons. The summed E-state index contributed by atoms with van der Waals surface area (Å²) in [5, 5.41) is 11.2. The van der Waals surface area contributed by atoms with Crippen LogP contribution in [0.25, 0.3) is 0 Å². The fourth-order valence-electron chi connectivity index (χ4n) is 1.98. The van der Waals surface area contributed by atoms with Crippen molar-refractivity contribution in [2.75, 3.05) is 7.05 Å². The number of carbonyl (C=O) groups excluding carboxylic acids is 1. The first-order valence-electron chi connectivity index (χ1n) is 5.78. The van der Waals surface area contributed by atoms with Crippen LogP contribution in [0.1, 0.15) is 39.0 Å². The van der Waals surface area contributed by atoms with Gasteiger partial charge in [0.25, 0.3) is 0 Å². The molecule has 1 aliphatic rings. The third-order valence-corrected chi connectivity index (χ3v) is 3.15. The fraction of sp³-hybridized carbons (Fsp3) is 0.818. The van der Waals surface area contributed by atoms with E-state index in [0.29, 0.717) is 0 Å². The van der Waals surface area contributed by atoms with E-state index >= 15 is 0 Å². The molecule has 0 saturated heterocycles. The average molecular weight is 228 g/mol. The van der Waals surface area contributed by atoms with E-state index in [4.69, 9.17) is 5.11 Å². The monoisotopic (exact) mass is 228 g/mol. The van der Waals surface area contributed by atoms with Crippen LogP contribution in [0.3, 0.4) is 0 Å². The third-order valence-electron chi connectivity index (χ3n) is 3.15. The van der Waals surface area contributed by atoms with Gasteiger partial charge in [-0.3, -0.25) is 4.79 Å². The van der Waals surface area contributed by atoms with Crippen molar-refractivity contribution in [3.8, 4) is 0 Å². The lowest BCUT2D eigenvalue weighted by molar-refractivity contribution is -0.138. The summed E-state index contributed by atoms with van der Waals surface area (Å²) in [5.41, 5.74) is 0. The zero-order chi connectivity index (χ0) is 12.1. The maximum atomic E-state index is 11.7. The van der Waals surface area contributed by atoms with E-state index in [2.05, 4.69) is 5.32 Å². The van der Waals surface area contributed by atoms with Crippen molar-refractivity contribution in [1.82, 2.24) is 10.2 Å². The molecule has 0 spiro atoms. The van der Waals surface area contributed by atoms with Crippen molar-refractivity contribution in [3.05, 3.63) is 0 Å². The molecule has 1 unspecified atom stereocenters. The van der Waals surface area contributed by atoms with Gasteiger partial charge in [0.2, 0.25) is 0 Å².